The molecule has 2 nitrogen and oxygen atoms in total. The molecular weight excluding hydrogens is 462 g/mol. The number of rotatable bonds is 3. The van der Waals surface area contributed by atoms with Crippen LogP contribution in [-0.2, 0) is 43.4 Å². The second kappa shape index (κ2) is 20.1. The second-order valence-electron chi connectivity index (χ2n) is 5.42. The second-order valence-corrected chi connectivity index (χ2v) is 7.64. The molecule has 1 aromatic carbocycles. The standard InChI is InChI=1S/C16H13P.C6H7.2CO.Fe.Mn/c1-2-8-14(9-3-1)17(15-10-4-5-11-15)16-12-6-7-13-16;1-6-4-2-3-5-6;2*1-2;;/h1-13H;2-5H,1H3;;;;/q;;;;+2;. The predicted octanol–water partition coefficient (Wildman–Crippen LogP) is 4.85. The molecule has 0 amide bonds. The van der Waals surface area contributed by atoms with Crippen LogP contribution < -0.4 is 5.30 Å². The molecule has 5 heteroatoms. The van der Waals surface area contributed by atoms with Gasteiger partial charge in [-0.2, -0.15) is 0 Å². The molecule has 0 saturated heterocycles. The average Bonchev–Trinajstić information content (AvgIpc) is 3.51. The first-order valence-corrected chi connectivity index (χ1v) is 9.56. The molecule has 0 N–H and O–H groups in total. The summed E-state index contributed by atoms with van der Waals surface area (Å²) in [6, 6.07) is 10.8. The van der Waals surface area contributed by atoms with Crippen LogP contribution >= 0.6 is 7.92 Å². The van der Waals surface area contributed by atoms with Crippen molar-refractivity contribution in [2.24, 2.45) is 0 Å². The number of hydrogen-bond donors (Lipinski definition) is 0. The summed E-state index contributed by atoms with van der Waals surface area (Å²) in [6.07, 6.45) is 25.6. The van der Waals surface area contributed by atoms with Crippen LogP contribution in [0.2, 0.25) is 0 Å². The van der Waals surface area contributed by atoms with Gasteiger partial charge in [0.1, 0.15) is 0 Å². The molecule has 29 heavy (non-hydrogen) atoms. The molecule has 0 heterocycles. The van der Waals surface area contributed by atoms with E-state index in [0.29, 0.717) is 0 Å². The van der Waals surface area contributed by atoms with Gasteiger partial charge in [-0.3, -0.25) is 0 Å². The fraction of sp³-hybridized carbons (Fsp3) is 0.0417. The van der Waals surface area contributed by atoms with Crippen molar-refractivity contribution in [3.8, 4) is 0 Å². The minimum atomic E-state index is -0.372. The van der Waals surface area contributed by atoms with Crippen molar-refractivity contribution in [2.45, 2.75) is 6.92 Å². The van der Waals surface area contributed by atoms with Gasteiger partial charge in [0.15, 0.2) is 0 Å². The van der Waals surface area contributed by atoms with E-state index in [1.165, 1.54) is 22.5 Å². The summed E-state index contributed by atoms with van der Waals surface area (Å²) >= 11 is 0. The fourth-order valence-electron chi connectivity index (χ4n) is 2.52. The molecule has 16 radical (unpaired) electrons. The normalized spacial score (nSPS) is 18.7. The maximum absolute atomic E-state index is 7.50. The Balaban J connectivity index is 0. The van der Waals surface area contributed by atoms with Gasteiger partial charge in [0, 0.05) is 28.4 Å². The molecule has 0 bridgehead atoms. The smallest absolute Gasteiger partial charge is 0.0622 e. The SMILES string of the molecule is C[C]1[CH][CH][CH][CH]1.[C-]#[O+].[C-]#[O+].[CH]1[CH][CH][C](P([C]2[CH][CH][CH][CH]2)c2ccccc2)[CH]1.[Fe+2].[Mn]. The maximum atomic E-state index is 7.50. The van der Waals surface area contributed by atoms with Crippen molar-refractivity contribution < 1.29 is 43.4 Å². The third kappa shape index (κ3) is 11.4. The van der Waals surface area contributed by atoms with Crippen LogP contribution in [0, 0.1) is 108 Å². The van der Waals surface area contributed by atoms with Crippen LogP contribution in [-0.4, -0.2) is 0 Å². The van der Waals surface area contributed by atoms with Crippen molar-refractivity contribution in [1.82, 2.24) is 0 Å². The third-order valence-electron chi connectivity index (χ3n) is 3.65. The van der Waals surface area contributed by atoms with Crippen LogP contribution in [0.1, 0.15) is 6.92 Å². The van der Waals surface area contributed by atoms with Gasteiger partial charge in [-0.1, -0.05) is 45.2 Å². The van der Waals surface area contributed by atoms with Crippen LogP contribution in [0.25, 0.3) is 0 Å². The summed E-state index contributed by atoms with van der Waals surface area (Å²) in [5.41, 5.74) is 2.86. The first-order chi connectivity index (χ1) is 13.3. The van der Waals surface area contributed by atoms with Gasteiger partial charge in [0.25, 0.3) is 0 Å². The Kier molecular flexibility index (Phi) is 21.7. The molecule has 4 rings (SSSR count). The third-order valence-corrected chi connectivity index (χ3v) is 6.09. The van der Waals surface area contributed by atoms with Crippen LogP contribution in [0.5, 0.6) is 0 Å². The van der Waals surface area contributed by atoms with E-state index in [1.807, 2.05) is 12.8 Å². The first kappa shape index (κ1) is 31.4. The first-order valence-electron chi connectivity index (χ1n) is 8.22. The Morgan fingerprint density at radius 2 is 0.966 bits per heavy atom. The summed E-state index contributed by atoms with van der Waals surface area (Å²) < 4.78 is 15.0. The van der Waals surface area contributed by atoms with E-state index in [2.05, 4.69) is 115 Å². The molecule has 146 valence electrons. The molecule has 0 aromatic heterocycles. The summed E-state index contributed by atoms with van der Waals surface area (Å²) in [4.78, 5) is 0. The molecule has 0 atom stereocenters. The van der Waals surface area contributed by atoms with Crippen LogP contribution in [0.15, 0.2) is 30.3 Å². The fourth-order valence-corrected chi connectivity index (χ4v) is 4.83. The minimum Gasteiger partial charge on any atom is -0.0622 e. The van der Waals surface area contributed by atoms with Gasteiger partial charge in [-0.15, -0.1) is 0 Å². The van der Waals surface area contributed by atoms with Gasteiger partial charge in [-0.25, -0.2) is 0 Å². The molecule has 3 aliphatic carbocycles. The minimum absolute atomic E-state index is 0. The van der Waals surface area contributed by atoms with Crippen LogP contribution in [0.4, 0.5) is 0 Å². The number of benzene rings is 1. The van der Waals surface area contributed by atoms with E-state index in [0.717, 1.165) is 0 Å². The maximum Gasteiger partial charge on any atom is 2.00 e. The van der Waals surface area contributed by atoms with Crippen molar-refractivity contribution >= 4 is 13.2 Å². The molecule has 0 unspecified atom stereocenters. The predicted molar refractivity (Wildman–Crippen MR) is 108 cm³/mol. The Morgan fingerprint density at radius 3 is 1.28 bits per heavy atom. The van der Waals surface area contributed by atoms with Gasteiger partial charge < -0.3 is 0 Å². The van der Waals surface area contributed by atoms with E-state index in [4.69, 9.17) is 9.30 Å². The summed E-state index contributed by atoms with van der Waals surface area (Å²) in [5.74, 6) is 1.34. The number of hydrogen-bond acceptors (Lipinski definition) is 0. The van der Waals surface area contributed by atoms with Gasteiger partial charge in [0.05, 0.1) is 0 Å². The van der Waals surface area contributed by atoms with E-state index >= 15 is 0 Å². The van der Waals surface area contributed by atoms with E-state index in [9.17, 15) is 0 Å². The monoisotopic (exact) mass is 482 g/mol. The van der Waals surface area contributed by atoms with Crippen molar-refractivity contribution in [2.75, 3.05) is 0 Å². The van der Waals surface area contributed by atoms with Gasteiger partial charge >= 0.3 is 39.7 Å². The van der Waals surface area contributed by atoms with Crippen LogP contribution in [0.3, 0.4) is 0 Å². The van der Waals surface area contributed by atoms with Gasteiger partial charge in [0.2, 0.25) is 0 Å². The molecule has 1 aromatic rings. The van der Waals surface area contributed by atoms with E-state index in [-0.39, 0.29) is 42.1 Å². The average molecular weight is 482 g/mol. The van der Waals surface area contributed by atoms with Gasteiger partial charge in [-0.05, 0) is 88.3 Å². The Morgan fingerprint density at radius 1 is 0.621 bits per heavy atom. The van der Waals surface area contributed by atoms with Crippen molar-refractivity contribution in [1.29, 1.82) is 0 Å². The summed E-state index contributed by atoms with van der Waals surface area (Å²) in [5, 5.41) is 1.42. The zero-order chi connectivity index (χ0) is 19.9. The largest absolute Gasteiger partial charge is 2.00 e. The summed E-state index contributed by atoms with van der Waals surface area (Å²) in [7, 11) is -0.372. The quantitative estimate of drug-likeness (QED) is 0.256. The molecule has 3 fully saturated rings. The Labute approximate surface area is 200 Å². The Hall–Kier alpha value is 0.169. The molecule has 0 aliphatic heterocycles. The zero-order valence-electron chi connectivity index (χ0n) is 15.8. The molecule has 3 aliphatic rings. The summed E-state index contributed by atoms with van der Waals surface area (Å²) in [6.45, 7) is 11.1. The van der Waals surface area contributed by atoms with E-state index in [1.54, 1.807) is 0 Å². The Bertz CT molecular complexity index is 497. The van der Waals surface area contributed by atoms with Crippen molar-refractivity contribution in [3.63, 3.8) is 0 Å². The zero-order valence-corrected chi connectivity index (χ0v) is 19.0. The molecule has 0 spiro atoms. The molecule has 3 saturated carbocycles. The van der Waals surface area contributed by atoms with E-state index < -0.39 is 0 Å². The molecular formula is C24H20FeMnO2P+2. The van der Waals surface area contributed by atoms with Crippen molar-refractivity contribution in [3.05, 3.63) is 138 Å². The topological polar surface area (TPSA) is 39.8 Å².